The summed E-state index contributed by atoms with van der Waals surface area (Å²) in [6.07, 6.45) is -4.88. The Morgan fingerprint density at radius 3 is 2.29 bits per heavy atom. The number of hydrogen-bond acceptors (Lipinski definition) is 3. The van der Waals surface area contributed by atoms with E-state index in [1.807, 2.05) is 0 Å². The van der Waals surface area contributed by atoms with Crippen LogP contribution in [0, 0.1) is 0 Å². The van der Waals surface area contributed by atoms with Crippen LogP contribution < -0.4 is 11.2 Å². The molecular formula is C6H7F4N3O. The third kappa shape index (κ3) is 1.31. The standard InChI is InChI=1S/C6H7F4N3O/c1-13-3(7)2-5(12-13,4(11)14)6(8,9)10/h2,12H,1H3,(H2,11,14). The lowest BCUT2D eigenvalue weighted by atomic mass is 10.00. The van der Waals surface area contributed by atoms with E-state index in [1.54, 1.807) is 5.43 Å². The number of carbonyl (C=O) groups excluding carboxylic acids is 1. The van der Waals surface area contributed by atoms with Crippen molar-refractivity contribution < 1.29 is 22.4 Å². The van der Waals surface area contributed by atoms with E-state index in [0.29, 0.717) is 5.01 Å². The van der Waals surface area contributed by atoms with Crippen LogP contribution in [0.3, 0.4) is 0 Å². The molecule has 1 amide bonds. The number of halogens is 4. The van der Waals surface area contributed by atoms with Crippen molar-refractivity contribution in [2.45, 2.75) is 11.7 Å². The Hall–Kier alpha value is -1.31. The summed E-state index contributed by atoms with van der Waals surface area (Å²) in [6, 6.07) is 0. The lowest BCUT2D eigenvalue weighted by Gasteiger charge is -2.28. The van der Waals surface area contributed by atoms with E-state index in [0.717, 1.165) is 7.05 Å². The minimum absolute atomic E-state index is 0.106. The highest BCUT2D eigenvalue weighted by Crippen LogP contribution is 2.36. The van der Waals surface area contributed by atoms with Gasteiger partial charge in [0.1, 0.15) is 0 Å². The molecular weight excluding hydrogens is 206 g/mol. The molecule has 1 rings (SSSR count). The van der Waals surface area contributed by atoms with Crippen molar-refractivity contribution >= 4 is 5.91 Å². The molecule has 0 spiro atoms. The van der Waals surface area contributed by atoms with Gasteiger partial charge >= 0.3 is 6.18 Å². The molecule has 0 fully saturated rings. The Labute approximate surface area is 76.3 Å². The molecule has 1 heterocycles. The molecule has 0 aromatic rings. The van der Waals surface area contributed by atoms with Crippen LogP contribution in [-0.4, -0.2) is 29.7 Å². The second-order valence-electron chi connectivity index (χ2n) is 2.81. The first kappa shape index (κ1) is 10.8. The molecule has 1 aliphatic heterocycles. The van der Waals surface area contributed by atoms with Gasteiger partial charge in [0.2, 0.25) is 11.5 Å². The summed E-state index contributed by atoms with van der Waals surface area (Å²) in [6.45, 7) is 0. The van der Waals surface area contributed by atoms with Gasteiger partial charge in [-0.25, -0.2) is 5.43 Å². The van der Waals surface area contributed by atoms with Gasteiger partial charge in [-0.2, -0.15) is 17.6 Å². The molecule has 4 nitrogen and oxygen atoms in total. The van der Waals surface area contributed by atoms with E-state index < -0.39 is 23.6 Å². The molecule has 8 heteroatoms. The van der Waals surface area contributed by atoms with Crippen molar-refractivity contribution in [3.8, 4) is 0 Å². The van der Waals surface area contributed by atoms with E-state index in [9.17, 15) is 22.4 Å². The lowest BCUT2D eigenvalue weighted by Crippen LogP contribution is -2.63. The summed E-state index contributed by atoms with van der Waals surface area (Å²) in [7, 11) is 1.00. The maximum atomic E-state index is 12.7. The summed E-state index contributed by atoms with van der Waals surface area (Å²) in [5.41, 5.74) is 3.06. The third-order valence-electron chi connectivity index (χ3n) is 1.84. The lowest BCUT2D eigenvalue weighted by molar-refractivity contribution is -0.190. The molecule has 0 radical (unpaired) electrons. The SMILES string of the molecule is CN1NC(C(N)=O)(C(F)(F)F)C=C1F. The smallest absolute Gasteiger partial charge is 0.367 e. The predicted molar refractivity (Wildman–Crippen MR) is 38.1 cm³/mol. The topological polar surface area (TPSA) is 58.4 Å². The molecule has 0 aromatic carbocycles. The zero-order valence-electron chi connectivity index (χ0n) is 7.02. The average Bonchev–Trinajstić information content (AvgIpc) is 2.28. The highest BCUT2D eigenvalue weighted by atomic mass is 19.4. The fourth-order valence-electron chi connectivity index (χ4n) is 1.04. The molecule has 3 N–H and O–H groups in total. The maximum Gasteiger partial charge on any atom is 0.421 e. The van der Waals surface area contributed by atoms with Crippen molar-refractivity contribution in [1.29, 1.82) is 0 Å². The first-order valence-corrected chi connectivity index (χ1v) is 3.47. The van der Waals surface area contributed by atoms with Crippen LogP contribution in [0.1, 0.15) is 0 Å². The first-order chi connectivity index (χ1) is 6.21. The highest BCUT2D eigenvalue weighted by molar-refractivity contribution is 5.88. The van der Waals surface area contributed by atoms with Gasteiger partial charge in [0, 0.05) is 13.1 Å². The van der Waals surface area contributed by atoms with Gasteiger partial charge in [-0.05, 0) is 0 Å². The zero-order chi connectivity index (χ0) is 11.1. The average molecular weight is 213 g/mol. The second-order valence-corrected chi connectivity index (χ2v) is 2.81. The Bertz CT molecular complexity index is 300. The number of hydrazine groups is 1. The van der Waals surface area contributed by atoms with Gasteiger partial charge < -0.3 is 5.73 Å². The normalized spacial score (nSPS) is 27.8. The van der Waals surface area contributed by atoms with Gasteiger partial charge in [-0.1, -0.05) is 0 Å². The first-order valence-electron chi connectivity index (χ1n) is 3.47. The molecule has 0 saturated heterocycles. The molecule has 0 aliphatic carbocycles. The van der Waals surface area contributed by atoms with Crippen LogP contribution in [-0.2, 0) is 4.79 Å². The minimum atomic E-state index is -4.99. The van der Waals surface area contributed by atoms with E-state index >= 15 is 0 Å². The Morgan fingerprint density at radius 1 is 1.64 bits per heavy atom. The van der Waals surface area contributed by atoms with Crippen LogP contribution in [0.4, 0.5) is 17.6 Å². The van der Waals surface area contributed by atoms with Crippen molar-refractivity contribution in [3.63, 3.8) is 0 Å². The van der Waals surface area contributed by atoms with Crippen molar-refractivity contribution in [3.05, 3.63) is 12.0 Å². The fourth-order valence-corrected chi connectivity index (χ4v) is 1.04. The summed E-state index contributed by atoms with van der Waals surface area (Å²) in [4.78, 5) is 10.7. The van der Waals surface area contributed by atoms with Crippen LogP contribution in [0.5, 0.6) is 0 Å². The van der Waals surface area contributed by atoms with Crippen molar-refractivity contribution in [1.82, 2.24) is 10.4 Å². The van der Waals surface area contributed by atoms with E-state index in [4.69, 9.17) is 0 Å². The molecule has 1 atom stereocenters. The summed E-state index contributed by atoms with van der Waals surface area (Å²) in [5, 5.41) is 0.443. The highest BCUT2D eigenvalue weighted by Gasteiger charge is 2.62. The largest absolute Gasteiger partial charge is 0.421 e. The molecule has 14 heavy (non-hydrogen) atoms. The molecule has 0 saturated carbocycles. The van der Waals surface area contributed by atoms with Gasteiger partial charge in [0.25, 0.3) is 5.91 Å². The van der Waals surface area contributed by atoms with E-state index in [1.165, 1.54) is 0 Å². The monoisotopic (exact) mass is 213 g/mol. The minimum Gasteiger partial charge on any atom is -0.367 e. The number of nitrogens with zero attached hydrogens (tertiary/aromatic N) is 1. The van der Waals surface area contributed by atoms with Crippen LogP contribution in [0.25, 0.3) is 0 Å². The van der Waals surface area contributed by atoms with E-state index in [-0.39, 0.29) is 6.08 Å². The van der Waals surface area contributed by atoms with E-state index in [2.05, 4.69) is 5.73 Å². The van der Waals surface area contributed by atoms with Gasteiger partial charge in [0.05, 0.1) is 0 Å². The molecule has 1 unspecified atom stereocenters. The summed E-state index contributed by atoms with van der Waals surface area (Å²) < 4.78 is 50.0. The molecule has 0 bridgehead atoms. The maximum absolute atomic E-state index is 12.7. The third-order valence-corrected chi connectivity index (χ3v) is 1.84. The number of nitrogens with two attached hydrogens (primary N) is 1. The molecule has 1 aliphatic rings. The number of primary amides is 1. The molecule has 0 aromatic heterocycles. The Kier molecular flexibility index (Phi) is 2.18. The summed E-state index contributed by atoms with van der Waals surface area (Å²) in [5.74, 6) is -2.91. The quantitative estimate of drug-likeness (QED) is 0.477. The number of hydrogen-bond donors (Lipinski definition) is 2. The molecule has 80 valence electrons. The van der Waals surface area contributed by atoms with Crippen LogP contribution in [0.15, 0.2) is 12.0 Å². The van der Waals surface area contributed by atoms with Crippen molar-refractivity contribution in [2.75, 3.05) is 7.05 Å². The predicted octanol–water partition coefficient (Wildman–Crippen LogP) is 0.0337. The number of nitrogens with one attached hydrogen (secondary N) is 1. The fraction of sp³-hybridized carbons (Fsp3) is 0.500. The Morgan fingerprint density at radius 2 is 2.14 bits per heavy atom. The van der Waals surface area contributed by atoms with Crippen LogP contribution in [0.2, 0.25) is 0 Å². The number of carbonyl (C=O) groups is 1. The van der Waals surface area contributed by atoms with Crippen LogP contribution >= 0.6 is 0 Å². The van der Waals surface area contributed by atoms with Crippen molar-refractivity contribution in [2.24, 2.45) is 5.73 Å². The summed E-state index contributed by atoms with van der Waals surface area (Å²) >= 11 is 0. The Balaban J connectivity index is 3.18. The van der Waals surface area contributed by atoms with Gasteiger partial charge in [0.15, 0.2) is 0 Å². The van der Waals surface area contributed by atoms with Gasteiger partial charge in [-0.3, -0.25) is 9.80 Å². The zero-order valence-corrected chi connectivity index (χ0v) is 7.02. The number of amides is 1. The van der Waals surface area contributed by atoms with Gasteiger partial charge in [-0.15, -0.1) is 0 Å². The number of rotatable bonds is 1. The number of alkyl halides is 3. The second kappa shape index (κ2) is 2.84.